The number of alkyl halides is 3. The Bertz CT molecular complexity index is 350. The van der Waals surface area contributed by atoms with Crippen LogP contribution in [0.1, 0.15) is 31.0 Å². The third-order valence-corrected chi connectivity index (χ3v) is 2.13. The van der Waals surface area contributed by atoms with Gasteiger partial charge in [-0.25, -0.2) is 0 Å². The minimum atomic E-state index is -4.42. The molecule has 0 amide bonds. The Labute approximate surface area is 99.6 Å². The van der Waals surface area contributed by atoms with Crippen molar-refractivity contribution in [3.05, 3.63) is 29.3 Å². The van der Waals surface area contributed by atoms with E-state index in [0.29, 0.717) is 11.3 Å². The Balaban J connectivity index is 0.00000121. The van der Waals surface area contributed by atoms with E-state index in [2.05, 4.69) is 0 Å². The maximum Gasteiger partial charge on any atom is 0.407 e. The summed E-state index contributed by atoms with van der Waals surface area (Å²) in [6.07, 6.45) is -4.42. The van der Waals surface area contributed by atoms with E-state index in [0.717, 1.165) is 0 Å². The van der Waals surface area contributed by atoms with Gasteiger partial charge >= 0.3 is 6.18 Å². The zero-order valence-electron chi connectivity index (χ0n) is 10.4. The SMILES string of the molecule is CC.COc1ccc(C(N)C(F)(F)F)cc1C. The molecule has 0 spiro atoms. The van der Waals surface area contributed by atoms with E-state index in [9.17, 15) is 13.2 Å². The van der Waals surface area contributed by atoms with Gasteiger partial charge in [0.25, 0.3) is 0 Å². The lowest BCUT2D eigenvalue weighted by atomic mass is 10.0. The van der Waals surface area contributed by atoms with Crippen LogP contribution in [0.2, 0.25) is 0 Å². The molecule has 0 saturated carbocycles. The molecule has 17 heavy (non-hydrogen) atoms. The van der Waals surface area contributed by atoms with Crippen molar-refractivity contribution in [2.45, 2.75) is 33.0 Å². The van der Waals surface area contributed by atoms with Crippen LogP contribution in [-0.4, -0.2) is 13.3 Å². The molecule has 0 fully saturated rings. The first-order valence-electron chi connectivity index (χ1n) is 5.33. The number of nitrogens with two attached hydrogens (primary N) is 1. The second-order valence-corrected chi connectivity index (χ2v) is 3.25. The van der Waals surface area contributed by atoms with Crippen molar-refractivity contribution in [2.75, 3.05) is 7.11 Å². The third kappa shape index (κ3) is 4.26. The van der Waals surface area contributed by atoms with Crippen LogP contribution in [0.5, 0.6) is 5.75 Å². The molecule has 5 heteroatoms. The number of ether oxygens (including phenoxy) is 1. The molecule has 1 aromatic carbocycles. The predicted octanol–water partition coefficient (Wildman–Crippen LogP) is 3.59. The molecule has 0 bridgehead atoms. The molecule has 98 valence electrons. The average molecular weight is 249 g/mol. The fraction of sp³-hybridized carbons (Fsp3) is 0.500. The van der Waals surface area contributed by atoms with E-state index >= 15 is 0 Å². The molecular formula is C12H18F3NO. The lowest BCUT2D eigenvalue weighted by Crippen LogP contribution is -2.28. The first kappa shape index (κ1) is 15.8. The largest absolute Gasteiger partial charge is 0.496 e. The third-order valence-electron chi connectivity index (χ3n) is 2.13. The number of benzene rings is 1. The smallest absolute Gasteiger partial charge is 0.407 e. The van der Waals surface area contributed by atoms with Crippen LogP contribution in [0.4, 0.5) is 13.2 Å². The Hall–Kier alpha value is -1.23. The Morgan fingerprint density at radius 2 is 1.76 bits per heavy atom. The molecule has 1 rings (SSSR count). The highest BCUT2D eigenvalue weighted by atomic mass is 19.4. The molecule has 1 unspecified atom stereocenters. The van der Waals surface area contributed by atoms with Crippen molar-refractivity contribution in [2.24, 2.45) is 5.73 Å². The lowest BCUT2D eigenvalue weighted by molar-refractivity contribution is -0.149. The fourth-order valence-electron chi connectivity index (χ4n) is 1.28. The van der Waals surface area contributed by atoms with Gasteiger partial charge in [-0.05, 0) is 24.1 Å². The van der Waals surface area contributed by atoms with E-state index in [4.69, 9.17) is 10.5 Å². The van der Waals surface area contributed by atoms with Gasteiger partial charge in [0.05, 0.1) is 7.11 Å². The summed E-state index contributed by atoms with van der Waals surface area (Å²) in [6.45, 7) is 5.67. The van der Waals surface area contributed by atoms with Crippen LogP contribution in [-0.2, 0) is 0 Å². The van der Waals surface area contributed by atoms with Crippen LogP contribution < -0.4 is 10.5 Å². The monoisotopic (exact) mass is 249 g/mol. The molecule has 2 N–H and O–H groups in total. The Morgan fingerprint density at radius 1 is 1.24 bits per heavy atom. The van der Waals surface area contributed by atoms with E-state index < -0.39 is 12.2 Å². The highest BCUT2D eigenvalue weighted by Gasteiger charge is 2.37. The summed E-state index contributed by atoms with van der Waals surface area (Å²) < 4.78 is 41.8. The molecule has 0 aliphatic rings. The Kier molecular flexibility index (Phi) is 6.02. The van der Waals surface area contributed by atoms with Gasteiger partial charge in [0.1, 0.15) is 11.8 Å². The number of hydrogen-bond donors (Lipinski definition) is 1. The highest BCUT2D eigenvalue weighted by molar-refractivity contribution is 5.37. The van der Waals surface area contributed by atoms with Crippen molar-refractivity contribution in [3.63, 3.8) is 0 Å². The summed E-state index contributed by atoms with van der Waals surface area (Å²) in [5.41, 5.74) is 5.74. The zero-order chi connectivity index (χ0) is 13.6. The van der Waals surface area contributed by atoms with Crippen molar-refractivity contribution < 1.29 is 17.9 Å². The van der Waals surface area contributed by atoms with Gasteiger partial charge in [-0.2, -0.15) is 13.2 Å². The molecule has 0 aliphatic carbocycles. The average Bonchev–Trinajstić information content (AvgIpc) is 2.29. The first-order chi connectivity index (χ1) is 7.86. The lowest BCUT2D eigenvalue weighted by Gasteiger charge is -2.17. The normalized spacial score (nSPS) is 12.5. The molecule has 0 saturated heterocycles. The van der Waals surface area contributed by atoms with Crippen molar-refractivity contribution in [3.8, 4) is 5.75 Å². The molecule has 0 radical (unpaired) electrons. The van der Waals surface area contributed by atoms with Gasteiger partial charge in [0.15, 0.2) is 0 Å². The number of hydrogen-bond acceptors (Lipinski definition) is 2. The van der Waals surface area contributed by atoms with E-state index in [1.165, 1.54) is 25.3 Å². The second-order valence-electron chi connectivity index (χ2n) is 3.25. The molecule has 1 aromatic rings. The topological polar surface area (TPSA) is 35.2 Å². The number of rotatable bonds is 2. The molecule has 0 aromatic heterocycles. The van der Waals surface area contributed by atoms with Crippen LogP contribution in [0.15, 0.2) is 18.2 Å². The molecule has 1 atom stereocenters. The van der Waals surface area contributed by atoms with Gasteiger partial charge in [-0.15, -0.1) is 0 Å². The first-order valence-corrected chi connectivity index (χ1v) is 5.33. The zero-order valence-corrected chi connectivity index (χ0v) is 10.4. The standard InChI is InChI=1S/C10H12F3NO.C2H6/c1-6-5-7(3-4-8(6)15-2)9(14)10(11,12)13;1-2/h3-5,9H,14H2,1-2H3;1-2H3. The van der Waals surface area contributed by atoms with Gasteiger partial charge < -0.3 is 10.5 Å². The van der Waals surface area contributed by atoms with Crippen LogP contribution >= 0.6 is 0 Å². The predicted molar refractivity (Wildman–Crippen MR) is 62.1 cm³/mol. The summed E-state index contributed by atoms with van der Waals surface area (Å²) in [5.74, 6) is 0.549. The summed E-state index contributed by atoms with van der Waals surface area (Å²) in [5, 5.41) is 0. The van der Waals surface area contributed by atoms with Gasteiger partial charge in [0.2, 0.25) is 0 Å². The minimum absolute atomic E-state index is 0.0424. The quantitative estimate of drug-likeness (QED) is 0.869. The highest BCUT2D eigenvalue weighted by Crippen LogP contribution is 2.32. The number of aryl methyl sites for hydroxylation is 1. The minimum Gasteiger partial charge on any atom is -0.496 e. The van der Waals surface area contributed by atoms with Gasteiger partial charge in [0, 0.05) is 0 Å². The van der Waals surface area contributed by atoms with Crippen molar-refractivity contribution in [1.82, 2.24) is 0 Å². The maximum atomic E-state index is 12.3. The van der Waals surface area contributed by atoms with E-state index in [1.807, 2.05) is 13.8 Å². The molecule has 0 aliphatic heterocycles. The molecular weight excluding hydrogens is 231 g/mol. The summed E-state index contributed by atoms with van der Waals surface area (Å²) in [7, 11) is 1.46. The van der Waals surface area contributed by atoms with Crippen LogP contribution in [0.3, 0.4) is 0 Å². The van der Waals surface area contributed by atoms with E-state index in [-0.39, 0.29) is 5.56 Å². The van der Waals surface area contributed by atoms with Crippen LogP contribution in [0, 0.1) is 6.92 Å². The Morgan fingerprint density at radius 3 is 2.12 bits per heavy atom. The van der Waals surface area contributed by atoms with Gasteiger partial charge in [-0.3, -0.25) is 0 Å². The van der Waals surface area contributed by atoms with Crippen molar-refractivity contribution >= 4 is 0 Å². The summed E-state index contributed by atoms with van der Waals surface area (Å²) >= 11 is 0. The summed E-state index contributed by atoms with van der Waals surface area (Å²) in [6, 6.07) is 2.25. The van der Waals surface area contributed by atoms with Crippen molar-refractivity contribution in [1.29, 1.82) is 0 Å². The van der Waals surface area contributed by atoms with Gasteiger partial charge in [-0.1, -0.05) is 26.0 Å². The summed E-state index contributed by atoms with van der Waals surface area (Å²) in [4.78, 5) is 0. The maximum absolute atomic E-state index is 12.3. The molecule has 2 nitrogen and oxygen atoms in total. The second kappa shape index (κ2) is 6.49. The van der Waals surface area contributed by atoms with E-state index in [1.54, 1.807) is 6.92 Å². The fourth-order valence-corrected chi connectivity index (χ4v) is 1.28. The molecule has 0 heterocycles. The van der Waals surface area contributed by atoms with Crippen LogP contribution in [0.25, 0.3) is 0 Å². The number of methoxy groups -OCH3 is 1. The number of halogens is 3.